The van der Waals surface area contributed by atoms with Gasteiger partial charge in [-0.15, -0.1) is 11.8 Å². The molecule has 0 radical (unpaired) electrons. The molecule has 2 amide bonds. The van der Waals surface area contributed by atoms with Gasteiger partial charge in [-0.05, 0) is 42.5 Å². The monoisotopic (exact) mass is 570 g/mol. The van der Waals surface area contributed by atoms with Gasteiger partial charge in [-0.2, -0.15) is 5.10 Å². The third-order valence-electron chi connectivity index (χ3n) is 4.88. The number of rotatable bonds is 8. The fourth-order valence-corrected chi connectivity index (χ4v) is 4.66. The highest BCUT2D eigenvalue weighted by molar-refractivity contribution is 9.10. The summed E-state index contributed by atoms with van der Waals surface area (Å²) >= 11 is 11.0. The molecule has 0 saturated carbocycles. The lowest BCUT2D eigenvalue weighted by Crippen LogP contribution is -2.16. The predicted octanol–water partition coefficient (Wildman–Crippen LogP) is 6.48. The average Bonchev–Trinajstić information content (AvgIpc) is 3.32. The second-order valence-corrected chi connectivity index (χ2v) is 9.65. The number of aromatic amines is 1. The van der Waals surface area contributed by atoms with Crippen molar-refractivity contribution < 1.29 is 14.3 Å². The molecule has 4 aromatic rings. The Hall–Kier alpha value is -3.27. The fraction of sp³-hybridized carbons (Fsp3) is 0.0800. The number of thioether (sulfide) groups is 1. The van der Waals surface area contributed by atoms with Gasteiger partial charge >= 0.3 is 0 Å². The molecule has 7 nitrogen and oxygen atoms in total. The molecule has 35 heavy (non-hydrogen) atoms. The summed E-state index contributed by atoms with van der Waals surface area (Å²) in [5.74, 6) is 0.619. The molecule has 0 spiro atoms. The number of aromatic nitrogens is 2. The number of nitrogens with zero attached hydrogens (tertiary/aromatic N) is 1. The third-order valence-corrected chi connectivity index (χ3v) is 6.78. The number of H-pyrrole nitrogens is 1. The zero-order chi connectivity index (χ0) is 24.8. The maximum Gasteiger partial charge on any atom is 0.257 e. The van der Waals surface area contributed by atoms with Crippen LogP contribution in [0.2, 0.25) is 5.02 Å². The molecule has 1 heterocycles. The van der Waals surface area contributed by atoms with E-state index in [9.17, 15) is 9.59 Å². The number of benzene rings is 3. The van der Waals surface area contributed by atoms with Crippen LogP contribution in [-0.2, 0) is 4.79 Å². The zero-order valence-corrected chi connectivity index (χ0v) is 21.6. The van der Waals surface area contributed by atoms with E-state index in [0.717, 1.165) is 10.0 Å². The number of methoxy groups -OCH3 is 1. The van der Waals surface area contributed by atoms with Crippen molar-refractivity contribution >= 4 is 62.6 Å². The SMILES string of the molecule is COc1cccc(NC(=O)CSc2ccccc2C(=O)Nc2cc(-c3cc(Br)ccc3Cl)[nH]n2)c1. The summed E-state index contributed by atoms with van der Waals surface area (Å²) in [5, 5.41) is 13.3. The van der Waals surface area contributed by atoms with Crippen LogP contribution >= 0.6 is 39.3 Å². The number of anilines is 2. The predicted molar refractivity (Wildman–Crippen MR) is 143 cm³/mol. The molecule has 0 saturated heterocycles. The van der Waals surface area contributed by atoms with Crippen molar-refractivity contribution in [2.24, 2.45) is 0 Å². The molecular weight excluding hydrogens is 552 g/mol. The lowest BCUT2D eigenvalue weighted by atomic mass is 10.1. The molecule has 0 unspecified atom stereocenters. The van der Waals surface area contributed by atoms with Gasteiger partial charge in [0.2, 0.25) is 5.91 Å². The van der Waals surface area contributed by atoms with Crippen LogP contribution in [0.5, 0.6) is 5.75 Å². The van der Waals surface area contributed by atoms with Crippen molar-refractivity contribution in [1.29, 1.82) is 0 Å². The summed E-state index contributed by atoms with van der Waals surface area (Å²) in [6.45, 7) is 0. The number of hydrogen-bond donors (Lipinski definition) is 3. The van der Waals surface area contributed by atoms with Gasteiger partial charge in [0.25, 0.3) is 5.91 Å². The van der Waals surface area contributed by atoms with Crippen molar-refractivity contribution in [1.82, 2.24) is 10.2 Å². The Morgan fingerprint density at radius 1 is 1.06 bits per heavy atom. The van der Waals surface area contributed by atoms with Crippen LogP contribution in [-0.4, -0.2) is 34.9 Å². The summed E-state index contributed by atoms with van der Waals surface area (Å²) in [7, 11) is 1.57. The van der Waals surface area contributed by atoms with Crippen molar-refractivity contribution in [2.45, 2.75) is 4.90 Å². The minimum atomic E-state index is -0.334. The summed E-state index contributed by atoms with van der Waals surface area (Å²) < 4.78 is 6.05. The van der Waals surface area contributed by atoms with E-state index in [1.165, 1.54) is 11.8 Å². The molecule has 10 heteroatoms. The molecule has 0 aliphatic carbocycles. The molecule has 0 bridgehead atoms. The van der Waals surface area contributed by atoms with Gasteiger partial charge in [-0.3, -0.25) is 14.7 Å². The summed E-state index contributed by atoms with van der Waals surface area (Å²) in [4.78, 5) is 26.1. The first kappa shape index (κ1) is 24.8. The average molecular weight is 572 g/mol. The molecular formula is C25H20BrClN4O3S. The number of ether oxygens (including phenoxy) is 1. The number of nitrogens with one attached hydrogen (secondary N) is 3. The van der Waals surface area contributed by atoms with E-state index in [2.05, 4.69) is 36.8 Å². The van der Waals surface area contributed by atoms with E-state index in [4.69, 9.17) is 16.3 Å². The van der Waals surface area contributed by atoms with Gasteiger partial charge in [0.15, 0.2) is 5.82 Å². The summed E-state index contributed by atoms with van der Waals surface area (Å²) in [5.41, 5.74) is 2.51. The van der Waals surface area contributed by atoms with Gasteiger partial charge in [-0.25, -0.2) is 0 Å². The Balaban J connectivity index is 1.41. The van der Waals surface area contributed by atoms with Gasteiger partial charge in [0.1, 0.15) is 5.75 Å². The third kappa shape index (κ3) is 6.45. The van der Waals surface area contributed by atoms with Gasteiger partial charge in [-0.1, -0.05) is 45.7 Å². The molecule has 0 aliphatic rings. The quantitative estimate of drug-likeness (QED) is 0.210. The second-order valence-electron chi connectivity index (χ2n) is 7.31. The lowest BCUT2D eigenvalue weighted by Gasteiger charge is -2.10. The molecule has 3 N–H and O–H groups in total. The second kappa shape index (κ2) is 11.4. The van der Waals surface area contributed by atoms with Crippen LogP contribution in [0.25, 0.3) is 11.3 Å². The van der Waals surface area contributed by atoms with Crippen LogP contribution in [0.15, 0.2) is 82.2 Å². The highest BCUT2D eigenvalue weighted by Crippen LogP contribution is 2.31. The summed E-state index contributed by atoms with van der Waals surface area (Å²) in [6.07, 6.45) is 0. The Morgan fingerprint density at radius 3 is 2.71 bits per heavy atom. The van der Waals surface area contributed by atoms with Crippen molar-refractivity contribution in [2.75, 3.05) is 23.5 Å². The molecule has 0 atom stereocenters. The van der Waals surface area contributed by atoms with E-state index in [0.29, 0.717) is 38.4 Å². The van der Waals surface area contributed by atoms with Crippen LogP contribution in [0.3, 0.4) is 0 Å². The molecule has 0 aliphatic heterocycles. The Bertz CT molecular complexity index is 1380. The van der Waals surface area contributed by atoms with E-state index < -0.39 is 0 Å². The number of carbonyl (C=O) groups is 2. The normalized spacial score (nSPS) is 10.6. The molecule has 1 aromatic heterocycles. The van der Waals surface area contributed by atoms with Crippen molar-refractivity contribution in [3.05, 3.63) is 87.9 Å². The van der Waals surface area contributed by atoms with Crippen molar-refractivity contribution in [3.8, 4) is 17.0 Å². The Morgan fingerprint density at radius 2 is 1.89 bits per heavy atom. The van der Waals surface area contributed by atoms with Gasteiger partial charge < -0.3 is 15.4 Å². The number of amides is 2. The first-order valence-electron chi connectivity index (χ1n) is 10.4. The van der Waals surface area contributed by atoms with Gasteiger partial charge in [0.05, 0.1) is 29.1 Å². The van der Waals surface area contributed by atoms with E-state index in [1.54, 1.807) is 61.7 Å². The molecule has 4 rings (SSSR count). The standard InChI is InChI=1S/C25H20BrClN4O3S/c1-34-17-6-4-5-16(12-17)28-24(32)14-35-22-8-3-2-7-18(22)25(33)29-23-13-21(30-31-23)19-11-15(26)9-10-20(19)27/h2-13H,14H2,1H3,(H,28,32)(H2,29,30,31,33). The van der Waals surface area contributed by atoms with E-state index >= 15 is 0 Å². The van der Waals surface area contributed by atoms with Crippen LogP contribution in [0.4, 0.5) is 11.5 Å². The first-order chi connectivity index (χ1) is 16.9. The topological polar surface area (TPSA) is 96.1 Å². The highest BCUT2D eigenvalue weighted by atomic mass is 79.9. The Labute approximate surface area is 219 Å². The zero-order valence-electron chi connectivity index (χ0n) is 18.5. The lowest BCUT2D eigenvalue weighted by molar-refractivity contribution is -0.113. The van der Waals surface area contributed by atoms with Crippen LogP contribution in [0.1, 0.15) is 10.4 Å². The van der Waals surface area contributed by atoms with Crippen LogP contribution in [0, 0.1) is 0 Å². The maximum absolute atomic E-state index is 13.0. The van der Waals surface area contributed by atoms with Crippen LogP contribution < -0.4 is 15.4 Å². The van der Waals surface area contributed by atoms with E-state index in [-0.39, 0.29) is 17.6 Å². The minimum Gasteiger partial charge on any atom is -0.497 e. The minimum absolute atomic E-state index is 0.134. The number of carbonyl (C=O) groups excluding carboxylic acids is 2. The smallest absolute Gasteiger partial charge is 0.257 e. The van der Waals surface area contributed by atoms with Crippen molar-refractivity contribution in [3.63, 3.8) is 0 Å². The number of halogens is 2. The largest absolute Gasteiger partial charge is 0.497 e. The van der Waals surface area contributed by atoms with Gasteiger partial charge in [0, 0.05) is 32.8 Å². The number of hydrogen-bond acceptors (Lipinski definition) is 5. The highest BCUT2D eigenvalue weighted by Gasteiger charge is 2.16. The molecule has 178 valence electrons. The fourth-order valence-electron chi connectivity index (χ4n) is 3.23. The molecule has 3 aromatic carbocycles. The maximum atomic E-state index is 13.0. The summed E-state index contributed by atoms with van der Waals surface area (Å²) in [6, 6.07) is 21.4. The van der Waals surface area contributed by atoms with E-state index in [1.807, 2.05) is 18.2 Å². The first-order valence-corrected chi connectivity index (χ1v) is 12.6. The Kier molecular flexibility index (Phi) is 8.12. The molecule has 0 fully saturated rings.